The molecule has 0 spiro atoms. The Bertz CT molecular complexity index is 1340. The Morgan fingerprint density at radius 1 is 0.500 bits per heavy atom. The first-order chi connectivity index (χ1) is 15.8. The fourth-order valence-electron chi connectivity index (χ4n) is 4.33. The van der Waals surface area contributed by atoms with E-state index in [0.29, 0.717) is 6.61 Å². The van der Waals surface area contributed by atoms with E-state index >= 15 is 0 Å². The fourth-order valence-corrected chi connectivity index (χ4v) is 4.33. The summed E-state index contributed by atoms with van der Waals surface area (Å²) in [6, 6.07) is 41.4. The van der Waals surface area contributed by atoms with Gasteiger partial charge in [-0.05, 0) is 68.3 Å². The number of ether oxygens (including phenoxy) is 1. The van der Waals surface area contributed by atoms with Gasteiger partial charge in [-0.1, -0.05) is 103 Å². The molecule has 1 nitrogen and oxygen atoms in total. The highest BCUT2D eigenvalue weighted by atomic mass is 16.5. The van der Waals surface area contributed by atoms with Crippen molar-refractivity contribution in [2.45, 2.75) is 6.42 Å². The number of benzene rings is 5. The first kappa shape index (κ1) is 20.2. The summed E-state index contributed by atoms with van der Waals surface area (Å²) in [6.45, 7) is 0.708. The minimum atomic E-state index is 0.708. The van der Waals surface area contributed by atoms with Crippen LogP contribution in [0.5, 0.6) is 0 Å². The predicted octanol–water partition coefficient (Wildman–Crippen LogP) is 8.03. The molecule has 0 saturated heterocycles. The maximum atomic E-state index is 5.41. The molecule has 0 saturated carbocycles. The maximum Gasteiger partial charge on any atom is 0.0502 e. The molecule has 0 N–H and O–H groups in total. The van der Waals surface area contributed by atoms with Crippen molar-refractivity contribution >= 4 is 10.8 Å². The second-order valence-electron chi connectivity index (χ2n) is 8.12. The van der Waals surface area contributed by atoms with Crippen LogP contribution >= 0.6 is 0 Å². The summed E-state index contributed by atoms with van der Waals surface area (Å²) >= 11 is 0. The third-order valence-electron chi connectivity index (χ3n) is 6.05. The van der Waals surface area contributed by atoms with Gasteiger partial charge in [0.15, 0.2) is 0 Å². The third-order valence-corrected chi connectivity index (χ3v) is 6.05. The topological polar surface area (TPSA) is 9.23 Å². The molecule has 5 aromatic rings. The van der Waals surface area contributed by atoms with Crippen LogP contribution in [0, 0.1) is 0 Å². The molecule has 0 fully saturated rings. The summed E-state index contributed by atoms with van der Waals surface area (Å²) in [5.41, 5.74) is 8.81. The molecule has 0 unspecified atom stereocenters. The normalized spacial score (nSPS) is 11.0. The molecular weight excluding hydrogens is 388 g/mol. The van der Waals surface area contributed by atoms with Gasteiger partial charge in [0.1, 0.15) is 0 Å². The van der Waals surface area contributed by atoms with Crippen LogP contribution in [0.2, 0.25) is 0 Å². The van der Waals surface area contributed by atoms with Crippen molar-refractivity contribution in [1.29, 1.82) is 0 Å². The Hall–Kier alpha value is -3.68. The Kier molecular flexibility index (Phi) is 5.83. The molecule has 0 heterocycles. The maximum absolute atomic E-state index is 5.41. The van der Waals surface area contributed by atoms with Crippen molar-refractivity contribution in [3.05, 3.63) is 121 Å². The smallest absolute Gasteiger partial charge is 0.0502 e. The molecular formula is C31H26O. The summed E-state index contributed by atoms with van der Waals surface area (Å²) in [6.07, 6.45) is 0.886. The quantitative estimate of drug-likeness (QED) is 0.273. The van der Waals surface area contributed by atoms with Crippen molar-refractivity contribution in [2.75, 3.05) is 13.7 Å². The Morgan fingerprint density at radius 2 is 1.03 bits per heavy atom. The number of hydrogen-bond acceptors (Lipinski definition) is 1. The molecule has 0 aliphatic carbocycles. The zero-order chi connectivity index (χ0) is 21.8. The average molecular weight is 415 g/mol. The molecule has 0 radical (unpaired) electrons. The second-order valence-corrected chi connectivity index (χ2v) is 8.12. The van der Waals surface area contributed by atoms with E-state index in [0.717, 1.165) is 6.42 Å². The minimum absolute atomic E-state index is 0.708. The zero-order valence-electron chi connectivity index (χ0n) is 18.3. The highest BCUT2D eigenvalue weighted by molar-refractivity contribution is 5.91. The monoisotopic (exact) mass is 414 g/mol. The standard InChI is InChI=1S/C31H26O/c1-32-19-18-30-21-26(24-10-6-3-7-11-24)16-17-31(30)29-15-14-27-20-25(12-13-28(27)22-29)23-8-4-2-5-9-23/h2-17,20-22H,18-19H2,1H3. The molecule has 32 heavy (non-hydrogen) atoms. The van der Waals surface area contributed by atoms with Crippen molar-refractivity contribution in [3.63, 3.8) is 0 Å². The summed E-state index contributed by atoms with van der Waals surface area (Å²) in [7, 11) is 1.76. The SMILES string of the molecule is COCCc1cc(-c2ccccc2)ccc1-c1ccc2cc(-c3ccccc3)ccc2c1. The van der Waals surface area contributed by atoms with Gasteiger partial charge in [-0.3, -0.25) is 0 Å². The van der Waals surface area contributed by atoms with Crippen molar-refractivity contribution in [1.82, 2.24) is 0 Å². The van der Waals surface area contributed by atoms with Gasteiger partial charge < -0.3 is 4.74 Å². The first-order valence-corrected chi connectivity index (χ1v) is 11.1. The molecule has 1 heteroatoms. The van der Waals surface area contributed by atoms with Crippen LogP contribution in [0.4, 0.5) is 0 Å². The zero-order valence-corrected chi connectivity index (χ0v) is 18.3. The number of hydrogen-bond donors (Lipinski definition) is 0. The van der Waals surface area contributed by atoms with Crippen LogP contribution in [-0.2, 0) is 11.2 Å². The van der Waals surface area contributed by atoms with Gasteiger partial charge in [-0.15, -0.1) is 0 Å². The van der Waals surface area contributed by atoms with Gasteiger partial charge in [0.25, 0.3) is 0 Å². The summed E-state index contributed by atoms with van der Waals surface area (Å²) in [4.78, 5) is 0. The van der Waals surface area contributed by atoms with E-state index < -0.39 is 0 Å². The first-order valence-electron chi connectivity index (χ1n) is 11.1. The van der Waals surface area contributed by atoms with Crippen LogP contribution in [0.3, 0.4) is 0 Å². The largest absolute Gasteiger partial charge is 0.384 e. The van der Waals surface area contributed by atoms with Crippen molar-refractivity contribution < 1.29 is 4.74 Å². The van der Waals surface area contributed by atoms with Crippen LogP contribution < -0.4 is 0 Å². The lowest BCUT2D eigenvalue weighted by Gasteiger charge is -2.14. The second kappa shape index (κ2) is 9.21. The van der Waals surface area contributed by atoms with Gasteiger partial charge in [-0.25, -0.2) is 0 Å². The van der Waals surface area contributed by atoms with E-state index in [9.17, 15) is 0 Å². The number of methoxy groups -OCH3 is 1. The number of fused-ring (bicyclic) bond motifs is 1. The van der Waals surface area contributed by atoms with Crippen molar-refractivity contribution in [3.8, 4) is 33.4 Å². The van der Waals surface area contributed by atoms with Gasteiger partial charge in [0.2, 0.25) is 0 Å². The lowest BCUT2D eigenvalue weighted by atomic mass is 9.92. The van der Waals surface area contributed by atoms with E-state index in [1.165, 1.54) is 49.7 Å². The van der Waals surface area contributed by atoms with Gasteiger partial charge in [0.05, 0.1) is 6.61 Å². The van der Waals surface area contributed by atoms with E-state index in [2.05, 4.69) is 115 Å². The Morgan fingerprint density at radius 3 is 1.66 bits per heavy atom. The van der Waals surface area contributed by atoms with Gasteiger partial charge in [0, 0.05) is 7.11 Å². The lowest BCUT2D eigenvalue weighted by Crippen LogP contribution is -1.98. The highest BCUT2D eigenvalue weighted by Gasteiger charge is 2.09. The summed E-state index contributed by atoms with van der Waals surface area (Å²) < 4.78 is 5.41. The molecule has 5 aromatic carbocycles. The lowest BCUT2D eigenvalue weighted by molar-refractivity contribution is 0.202. The Balaban J connectivity index is 1.54. The van der Waals surface area contributed by atoms with Crippen LogP contribution in [0.25, 0.3) is 44.2 Å². The van der Waals surface area contributed by atoms with E-state index in [4.69, 9.17) is 4.74 Å². The highest BCUT2D eigenvalue weighted by Crippen LogP contribution is 2.32. The molecule has 0 atom stereocenters. The van der Waals surface area contributed by atoms with Crippen LogP contribution in [0.1, 0.15) is 5.56 Å². The molecule has 0 bridgehead atoms. The molecule has 0 amide bonds. The van der Waals surface area contributed by atoms with Crippen molar-refractivity contribution in [2.24, 2.45) is 0 Å². The summed E-state index contributed by atoms with van der Waals surface area (Å²) in [5, 5.41) is 2.52. The van der Waals surface area contributed by atoms with Crippen LogP contribution in [0.15, 0.2) is 115 Å². The molecule has 0 aliphatic heterocycles. The molecule has 5 rings (SSSR count). The van der Waals surface area contributed by atoms with Crippen LogP contribution in [-0.4, -0.2) is 13.7 Å². The van der Waals surface area contributed by atoms with E-state index in [-0.39, 0.29) is 0 Å². The average Bonchev–Trinajstić information content (AvgIpc) is 2.87. The fraction of sp³-hybridized carbons (Fsp3) is 0.0968. The predicted molar refractivity (Wildman–Crippen MR) is 136 cm³/mol. The third kappa shape index (κ3) is 4.21. The van der Waals surface area contributed by atoms with Gasteiger partial charge in [-0.2, -0.15) is 0 Å². The van der Waals surface area contributed by atoms with E-state index in [1.54, 1.807) is 7.11 Å². The molecule has 156 valence electrons. The number of rotatable bonds is 6. The summed E-state index contributed by atoms with van der Waals surface area (Å²) in [5.74, 6) is 0. The minimum Gasteiger partial charge on any atom is -0.384 e. The van der Waals surface area contributed by atoms with E-state index in [1.807, 2.05) is 0 Å². The Labute approximate surface area is 189 Å². The molecule has 0 aliphatic rings. The van der Waals surface area contributed by atoms with Gasteiger partial charge >= 0.3 is 0 Å². The molecule has 0 aromatic heterocycles.